The minimum Gasteiger partial charge on any atom is -0.460 e. The second-order valence-electron chi connectivity index (χ2n) is 6.84. The van der Waals surface area contributed by atoms with Crippen molar-refractivity contribution in [1.29, 1.82) is 0 Å². The van der Waals surface area contributed by atoms with Crippen LogP contribution in [-0.2, 0) is 16.0 Å². The number of nitrogens with zero attached hydrogens (tertiary/aromatic N) is 1. The van der Waals surface area contributed by atoms with Crippen molar-refractivity contribution >= 4 is 17.6 Å². The van der Waals surface area contributed by atoms with Crippen molar-refractivity contribution in [1.82, 2.24) is 0 Å². The molecule has 0 aliphatic rings. The number of carbonyl (C=O) groups is 1. The van der Waals surface area contributed by atoms with Gasteiger partial charge in [-0.2, -0.15) is 0 Å². The molecule has 0 spiro atoms. The van der Waals surface area contributed by atoms with Gasteiger partial charge in [0.1, 0.15) is 5.60 Å². The fraction of sp³-hybridized carbons (Fsp3) is 0.579. The first-order valence-electron chi connectivity index (χ1n) is 8.68. The van der Waals surface area contributed by atoms with Crippen LogP contribution in [0.5, 0.6) is 0 Å². The lowest BCUT2D eigenvalue weighted by Crippen LogP contribution is -2.23. The van der Waals surface area contributed by atoms with Gasteiger partial charge in [-0.05, 0) is 57.7 Å². The molecule has 0 aromatic heterocycles. The maximum absolute atomic E-state index is 11.6. The van der Waals surface area contributed by atoms with Crippen LogP contribution in [0.3, 0.4) is 0 Å². The molecule has 0 bridgehead atoms. The largest absolute Gasteiger partial charge is 0.460 e. The molecule has 24 heavy (non-hydrogen) atoms. The summed E-state index contributed by atoms with van der Waals surface area (Å²) in [5, 5.41) is 3.11. The summed E-state index contributed by atoms with van der Waals surface area (Å²) in [5.41, 5.74) is 7.71. The third kappa shape index (κ3) is 9.18. The Morgan fingerprint density at radius 3 is 2.67 bits per heavy atom. The van der Waals surface area contributed by atoms with Gasteiger partial charge in [0.05, 0.1) is 0 Å². The number of rotatable bonds is 8. The van der Waals surface area contributed by atoms with Crippen molar-refractivity contribution in [3.63, 3.8) is 0 Å². The average Bonchev–Trinajstić information content (AvgIpc) is 2.49. The minimum absolute atomic E-state index is 0.136. The summed E-state index contributed by atoms with van der Waals surface area (Å²) in [6.07, 6.45) is 4.10. The van der Waals surface area contributed by atoms with Crippen molar-refractivity contribution in [2.24, 2.45) is 10.7 Å². The fourth-order valence-corrected chi connectivity index (χ4v) is 2.21. The molecule has 1 rings (SSSR count). The number of aryl methyl sites for hydroxylation is 1. The van der Waals surface area contributed by atoms with Crippen LogP contribution in [0.25, 0.3) is 0 Å². The van der Waals surface area contributed by atoms with E-state index < -0.39 is 5.60 Å². The van der Waals surface area contributed by atoms with Gasteiger partial charge in [-0.15, -0.1) is 0 Å². The van der Waals surface area contributed by atoms with Crippen LogP contribution in [0.2, 0.25) is 0 Å². The van der Waals surface area contributed by atoms with Gasteiger partial charge in [-0.1, -0.05) is 25.5 Å². The number of aliphatic imine (C=N–C) groups is 1. The standard InChI is InChI=1S/C19H31N3O2/c1-5-15-10-9-11-16(14-15)22-18(20)21-13-8-6-7-12-17(23)24-19(2,3)4/h9-11,14H,5-8,12-13H2,1-4H3,(H3,20,21,22). The van der Waals surface area contributed by atoms with Crippen LogP contribution in [0.4, 0.5) is 5.69 Å². The van der Waals surface area contributed by atoms with E-state index in [-0.39, 0.29) is 5.97 Å². The van der Waals surface area contributed by atoms with Crippen LogP contribution in [0.15, 0.2) is 29.3 Å². The molecule has 0 unspecified atom stereocenters. The summed E-state index contributed by atoms with van der Waals surface area (Å²) in [7, 11) is 0. The lowest BCUT2D eigenvalue weighted by atomic mass is 10.1. The zero-order valence-corrected chi connectivity index (χ0v) is 15.4. The molecule has 0 heterocycles. The first kappa shape index (κ1) is 20.0. The molecule has 0 aliphatic carbocycles. The molecule has 134 valence electrons. The summed E-state index contributed by atoms with van der Waals surface area (Å²) >= 11 is 0. The topological polar surface area (TPSA) is 76.7 Å². The molecule has 0 amide bonds. The highest BCUT2D eigenvalue weighted by molar-refractivity contribution is 5.92. The molecule has 5 nitrogen and oxygen atoms in total. The quantitative estimate of drug-likeness (QED) is 0.328. The fourth-order valence-electron chi connectivity index (χ4n) is 2.21. The number of nitrogens with two attached hydrogens (primary N) is 1. The summed E-state index contributed by atoms with van der Waals surface area (Å²) < 4.78 is 5.27. The Kier molecular flexibility index (Phi) is 8.30. The Bertz CT molecular complexity index is 548. The summed E-state index contributed by atoms with van der Waals surface area (Å²) in [4.78, 5) is 15.9. The van der Waals surface area contributed by atoms with Crippen LogP contribution in [-0.4, -0.2) is 24.1 Å². The molecular weight excluding hydrogens is 302 g/mol. The third-order valence-electron chi connectivity index (χ3n) is 3.35. The lowest BCUT2D eigenvalue weighted by molar-refractivity contribution is -0.154. The molecule has 0 radical (unpaired) electrons. The maximum Gasteiger partial charge on any atom is 0.306 e. The van der Waals surface area contributed by atoms with Gasteiger partial charge in [-0.3, -0.25) is 9.79 Å². The van der Waals surface area contributed by atoms with Gasteiger partial charge >= 0.3 is 5.97 Å². The van der Waals surface area contributed by atoms with Crippen molar-refractivity contribution < 1.29 is 9.53 Å². The average molecular weight is 333 g/mol. The third-order valence-corrected chi connectivity index (χ3v) is 3.35. The number of ether oxygens (including phenoxy) is 1. The molecule has 3 N–H and O–H groups in total. The van der Waals surface area contributed by atoms with E-state index in [9.17, 15) is 4.79 Å². The number of hydrogen-bond donors (Lipinski definition) is 2. The van der Waals surface area contributed by atoms with Gasteiger partial charge < -0.3 is 15.8 Å². The first-order valence-corrected chi connectivity index (χ1v) is 8.68. The number of esters is 1. The number of benzene rings is 1. The Labute approximate surface area is 145 Å². The summed E-state index contributed by atoms with van der Waals surface area (Å²) in [6.45, 7) is 8.41. The molecule has 1 aromatic carbocycles. The smallest absolute Gasteiger partial charge is 0.306 e. The van der Waals surface area contributed by atoms with Crippen molar-refractivity contribution in [3.05, 3.63) is 29.8 Å². The molecule has 5 heteroatoms. The molecule has 0 aliphatic heterocycles. The molecular formula is C19H31N3O2. The number of anilines is 1. The van der Waals surface area contributed by atoms with Gasteiger partial charge in [0, 0.05) is 18.7 Å². The number of hydrogen-bond acceptors (Lipinski definition) is 3. The second-order valence-corrected chi connectivity index (χ2v) is 6.84. The van der Waals surface area contributed by atoms with E-state index in [1.807, 2.05) is 32.9 Å². The zero-order valence-electron chi connectivity index (χ0n) is 15.4. The van der Waals surface area contributed by atoms with Gasteiger partial charge in [-0.25, -0.2) is 0 Å². The Balaban J connectivity index is 2.21. The van der Waals surface area contributed by atoms with Crippen LogP contribution in [0.1, 0.15) is 58.9 Å². The van der Waals surface area contributed by atoms with E-state index in [2.05, 4.69) is 29.4 Å². The predicted octanol–water partition coefficient (Wildman–Crippen LogP) is 3.88. The normalized spacial score (nSPS) is 12.1. The first-order chi connectivity index (χ1) is 11.3. The van der Waals surface area contributed by atoms with Gasteiger partial charge in [0.15, 0.2) is 5.96 Å². The van der Waals surface area contributed by atoms with Crippen molar-refractivity contribution in [3.8, 4) is 0 Å². The Hall–Kier alpha value is -2.04. The number of carbonyl (C=O) groups excluding carboxylic acids is 1. The van der Waals surface area contributed by atoms with Crippen LogP contribution in [0, 0.1) is 0 Å². The summed E-state index contributed by atoms with van der Waals surface area (Å²) in [6, 6.07) is 8.14. The monoisotopic (exact) mass is 333 g/mol. The molecule has 0 atom stereocenters. The Morgan fingerprint density at radius 2 is 2.00 bits per heavy atom. The molecule has 0 saturated carbocycles. The Morgan fingerprint density at radius 1 is 1.25 bits per heavy atom. The van der Waals surface area contributed by atoms with Gasteiger partial charge in [0.25, 0.3) is 0 Å². The highest BCUT2D eigenvalue weighted by atomic mass is 16.6. The van der Waals surface area contributed by atoms with Crippen LogP contribution >= 0.6 is 0 Å². The second kappa shape index (κ2) is 9.96. The van der Waals surface area contributed by atoms with Gasteiger partial charge in [0.2, 0.25) is 0 Å². The van der Waals surface area contributed by atoms with E-state index in [4.69, 9.17) is 10.5 Å². The van der Waals surface area contributed by atoms with E-state index in [1.54, 1.807) is 0 Å². The van der Waals surface area contributed by atoms with Crippen molar-refractivity contribution in [2.75, 3.05) is 11.9 Å². The number of guanidine groups is 1. The zero-order chi connectivity index (χ0) is 18.0. The predicted molar refractivity (Wildman–Crippen MR) is 100 cm³/mol. The van der Waals surface area contributed by atoms with E-state index >= 15 is 0 Å². The van der Waals surface area contributed by atoms with E-state index in [1.165, 1.54) is 5.56 Å². The van der Waals surface area contributed by atoms with E-state index in [0.29, 0.717) is 18.9 Å². The summed E-state index contributed by atoms with van der Waals surface area (Å²) in [5.74, 6) is 0.290. The molecule has 0 saturated heterocycles. The molecule has 0 fully saturated rings. The number of nitrogens with one attached hydrogen (secondary N) is 1. The SMILES string of the molecule is CCc1cccc(NC(N)=NCCCCCC(=O)OC(C)(C)C)c1. The van der Waals surface area contributed by atoms with E-state index in [0.717, 1.165) is 31.4 Å². The maximum atomic E-state index is 11.6. The van der Waals surface area contributed by atoms with Crippen molar-refractivity contribution in [2.45, 2.75) is 65.4 Å². The highest BCUT2D eigenvalue weighted by Gasteiger charge is 2.15. The number of unbranched alkanes of at least 4 members (excludes halogenated alkanes) is 2. The molecule has 1 aromatic rings. The minimum atomic E-state index is -0.406. The van der Waals surface area contributed by atoms with Crippen LogP contribution < -0.4 is 11.1 Å². The lowest BCUT2D eigenvalue weighted by Gasteiger charge is -2.19. The highest BCUT2D eigenvalue weighted by Crippen LogP contribution is 2.11.